The predicted molar refractivity (Wildman–Crippen MR) is 85.5 cm³/mol. The minimum Gasteiger partial charge on any atom is -0.314 e. The fraction of sp³-hybridized carbons (Fsp3) is 0.692. The molecule has 1 atom stereocenters. The van der Waals surface area contributed by atoms with E-state index >= 15 is 0 Å². The summed E-state index contributed by atoms with van der Waals surface area (Å²) in [7, 11) is 0. The molecular weight excluding hydrogens is 287 g/mol. The molecule has 0 amide bonds. The van der Waals surface area contributed by atoms with Crippen molar-refractivity contribution in [3.63, 3.8) is 0 Å². The average Bonchev–Trinajstić information content (AvgIpc) is 2.85. The number of hydrogen-bond donors (Lipinski definition) is 1. The van der Waals surface area contributed by atoms with E-state index < -0.39 is 0 Å². The van der Waals surface area contributed by atoms with Gasteiger partial charge >= 0.3 is 0 Å². The Hall–Kier alpha value is 0.200. The molecule has 1 fully saturated rings. The Bertz CT molecular complexity index is 287. The molecule has 18 heavy (non-hydrogen) atoms. The van der Waals surface area contributed by atoms with Crippen LogP contribution >= 0.6 is 36.2 Å². The van der Waals surface area contributed by atoms with Gasteiger partial charge in [-0.05, 0) is 28.8 Å². The zero-order chi connectivity index (χ0) is 11.2. The highest BCUT2D eigenvalue weighted by Gasteiger charge is 2.21. The monoisotopic (exact) mass is 310 g/mol. The smallest absolute Gasteiger partial charge is 0.0357 e. The Kier molecular flexibility index (Phi) is 10.2. The highest BCUT2D eigenvalue weighted by Crippen LogP contribution is 2.28. The summed E-state index contributed by atoms with van der Waals surface area (Å²) in [5.41, 5.74) is 1.53. The normalized spacial score (nSPS) is 17.6. The van der Waals surface area contributed by atoms with Crippen molar-refractivity contribution in [1.29, 1.82) is 0 Å². The number of hydrogen-bond acceptors (Lipinski definition) is 3. The summed E-state index contributed by atoms with van der Waals surface area (Å²) in [6.45, 7) is 6.97. The molecule has 0 saturated carbocycles. The van der Waals surface area contributed by atoms with Crippen molar-refractivity contribution in [3.05, 3.63) is 22.4 Å². The third-order valence-corrected chi connectivity index (χ3v) is 4.05. The fourth-order valence-corrected chi connectivity index (χ4v) is 3.12. The van der Waals surface area contributed by atoms with Crippen LogP contribution in [0.3, 0.4) is 0 Å². The van der Waals surface area contributed by atoms with Crippen LogP contribution in [0.15, 0.2) is 16.8 Å². The topological polar surface area (TPSA) is 15.3 Å². The largest absolute Gasteiger partial charge is 0.314 e. The van der Waals surface area contributed by atoms with Gasteiger partial charge in [-0.15, -0.1) is 24.8 Å². The molecule has 1 aliphatic heterocycles. The van der Waals surface area contributed by atoms with Gasteiger partial charge in [0.2, 0.25) is 0 Å². The third-order valence-electron chi connectivity index (χ3n) is 3.35. The fourth-order valence-electron chi connectivity index (χ4n) is 2.42. The molecule has 0 aromatic carbocycles. The van der Waals surface area contributed by atoms with E-state index in [9.17, 15) is 0 Å². The van der Waals surface area contributed by atoms with Gasteiger partial charge in [-0.2, -0.15) is 11.3 Å². The van der Waals surface area contributed by atoms with Gasteiger partial charge in [0, 0.05) is 32.2 Å². The lowest BCUT2D eigenvalue weighted by Crippen LogP contribution is -2.45. The Morgan fingerprint density at radius 3 is 2.61 bits per heavy atom. The number of piperazine rings is 1. The lowest BCUT2D eigenvalue weighted by molar-refractivity contribution is 0.163. The van der Waals surface area contributed by atoms with Crippen molar-refractivity contribution in [2.75, 3.05) is 26.2 Å². The van der Waals surface area contributed by atoms with E-state index in [1.54, 1.807) is 0 Å². The maximum Gasteiger partial charge on any atom is 0.0357 e. The van der Waals surface area contributed by atoms with Crippen LogP contribution < -0.4 is 5.32 Å². The number of halogens is 2. The van der Waals surface area contributed by atoms with Crippen molar-refractivity contribution in [2.24, 2.45) is 0 Å². The lowest BCUT2D eigenvalue weighted by Gasteiger charge is -2.34. The molecular formula is C13H24Cl2N2S. The molecule has 1 aromatic rings. The van der Waals surface area contributed by atoms with Crippen molar-refractivity contribution in [1.82, 2.24) is 10.2 Å². The molecule has 0 unspecified atom stereocenters. The summed E-state index contributed by atoms with van der Waals surface area (Å²) in [4.78, 5) is 2.65. The van der Waals surface area contributed by atoms with Gasteiger partial charge in [0.25, 0.3) is 0 Å². The molecule has 0 bridgehead atoms. The molecule has 1 N–H and O–H groups in total. The first kappa shape index (κ1) is 18.2. The van der Waals surface area contributed by atoms with Crippen LogP contribution in [0.5, 0.6) is 0 Å². The van der Waals surface area contributed by atoms with Gasteiger partial charge in [-0.1, -0.05) is 19.8 Å². The van der Waals surface area contributed by atoms with E-state index in [2.05, 4.69) is 34.0 Å². The molecule has 0 spiro atoms. The molecule has 0 aliphatic carbocycles. The SMILES string of the molecule is CCCC[C@H](c1ccsc1)N1CCNCC1.Cl.Cl. The molecule has 2 nitrogen and oxygen atoms in total. The summed E-state index contributed by atoms with van der Waals surface area (Å²) < 4.78 is 0. The second kappa shape index (κ2) is 10.0. The quantitative estimate of drug-likeness (QED) is 0.891. The van der Waals surface area contributed by atoms with Crippen molar-refractivity contribution >= 4 is 36.2 Å². The van der Waals surface area contributed by atoms with Crippen LogP contribution in [0.4, 0.5) is 0 Å². The molecule has 1 saturated heterocycles. The molecule has 5 heteroatoms. The van der Waals surface area contributed by atoms with Gasteiger partial charge in [-0.25, -0.2) is 0 Å². The Morgan fingerprint density at radius 2 is 2.06 bits per heavy atom. The van der Waals surface area contributed by atoms with Crippen LogP contribution in [0, 0.1) is 0 Å². The molecule has 1 aromatic heterocycles. The molecule has 1 aliphatic rings. The maximum absolute atomic E-state index is 3.43. The van der Waals surface area contributed by atoms with Crippen molar-refractivity contribution in [2.45, 2.75) is 32.2 Å². The van der Waals surface area contributed by atoms with E-state index in [1.165, 1.54) is 37.9 Å². The second-order valence-electron chi connectivity index (χ2n) is 4.50. The summed E-state index contributed by atoms with van der Waals surface area (Å²) in [5.74, 6) is 0. The lowest BCUT2D eigenvalue weighted by atomic mass is 10.0. The zero-order valence-corrected chi connectivity index (χ0v) is 13.4. The summed E-state index contributed by atoms with van der Waals surface area (Å²) in [6, 6.07) is 2.96. The van der Waals surface area contributed by atoms with Gasteiger partial charge in [0.15, 0.2) is 0 Å². The predicted octanol–water partition coefficient (Wildman–Crippen LogP) is 3.73. The van der Waals surface area contributed by atoms with Gasteiger partial charge in [0.1, 0.15) is 0 Å². The highest BCUT2D eigenvalue weighted by molar-refractivity contribution is 7.07. The van der Waals surface area contributed by atoms with Gasteiger partial charge < -0.3 is 5.32 Å². The molecule has 106 valence electrons. The number of thiophene rings is 1. The summed E-state index contributed by atoms with van der Waals surface area (Å²) >= 11 is 1.82. The van der Waals surface area contributed by atoms with E-state index in [4.69, 9.17) is 0 Å². The van der Waals surface area contributed by atoms with Crippen LogP contribution in [0.1, 0.15) is 37.8 Å². The molecule has 0 radical (unpaired) electrons. The van der Waals surface area contributed by atoms with E-state index in [1.807, 2.05) is 11.3 Å². The summed E-state index contributed by atoms with van der Waals surface area (Å²) in [5, 5.41) is 7.96. The minimum absolute atomic E-state index is 0. The molecule has 2 heterocycles. The van der Waals surface area contributed by atoms with Crippen LogP contribution in [0.2, 0.25) is 0 Å². The Balaban J connectivity index is 0.00000144. The number of unbranched alkanes of at least 4 members (excludes halogenated alkanes) is 1. The first-order valence-corrected chi connectivity index (χ1v) is 7.33. The Morgan fingerprint density at radius 1 is 1.33 bits per heavy atom. The number of nitrogens with zero attached hydrogens (tertiary/aromatic N) is 1. The van der Waals surface area contributed by atoms with Crippen LogP contribution in [0.25, 0.3) is 0 Å². The van der Waals surface area contributed by atoms with Crippen molar-refractivity contribution < 1.29 is 0 Å². The average molecular weight is 311 g/mol. The highest BCUT2D eigenvalue weighted by atomic mass is 35.5. The zero-order valence-electron chi connectivity index (χ0n) is 10.9. The summed E-state index contributed by atoms with van der Waals surface area (Å²) in [6.07, 6.45) is 3.95. The second-order valence-corrected chi connectivity index (χ2v) is 5.28. The van der Waals surface area contributed by atoms with E-state index in [-0.39, 0.29) is 24.8 Å². The first-order chi connectivity index (χ1) is 7.92. The number of nitrogens with one attached hydrogen (secondary N) is 1. The van der Waals surface area contributed by atoms with Gasteiger partial charge in [-0.3, -0.25) is 4.90 Å². The van der Waals surface area contributed by atoms with E-state index in [0.29, 0.717) is 6.04 Å². The van der Waals surface area contributed by atoms with Gasteiger partial charge in [0.05, 0.1) is 0 Å². The van der Waals surface area contributed by atoms with Crippen LogP contribution in [-0.4, -0.2) is 31.1 Å². The van der Waals surface area contributed by atoms with Crippen LogP contribution in [-0.2, 0) is 0 Å². The first-order valence-electron chi connectivity index (χ1n) is 6.38. The number of rotatable bonds is 5. The van der Waals surface area contributed by atoms with E-state index in [0.717, 1.165) is 13.1 Å². The Labute approximate surface area is 127 Å². The maximum atomic E-state index is 3.43. The minimum atomic E-state index is 0. The third kappa shape index (κ3) is 5.06. The molecule has 2 rings (SSSR count). The van der Waals surface area contributed by atoms with Crippen molar-refractivity contribution in [3.8, 4) is 0 Å². The standard InChI is InChI=1S/C13H22N2S.2ClH/c1-2-3-4-13(12-5-10-16-11-12)15-8-6-14-7-9-15;;/h5,10-11,13-14H,2-4,6-9H2,1H3;2*1H/t13-;;/m1../s1.